The molecule has 4 rings (SSSR count). The highest BCUT2D eigenvalue weighted by molar-refractivity contribution is 9.10. The third kappa shape index (κ3) is 3.53. The molecule has 1 aromatic heterocycles. The molecule has 3 aromatic rings. The molecule has 0 fully saturated rings. The van der Waals surface area contributed by atoms with E-state index in [1.807, 2.05) is 24.3 Å². The van der Waals surface area contributed by atoms with Crippen LogP contribution in [0.5, 0.6) is 17.4 Å². The van der Waals surface area contributed by atoms with Crippen LogP contribution in [0.1, 0.15) is 22.7 Å². The van der Waals surface area contributed by atoms with Crippen LogP contribution in [-0.4, -0.2) is 35.4 Å². The molecule has 30 heavy (non-hydrogen) atoms. The smallest absolute Gasteiger partial charge is 0.260 e. The minimum Gasteiger partial charge on any atom is -0.494 e. The number of ether oxygens (including phenoxy) is 2. The Morgan fingerprint density at radius 3 is 2.50 bits per heavy atom. The van der Waals surface area contributed by atoms with Gasteiger partial charge in [-0.15, -0.1) is 0 Å². The van der Waals surface area contributed by atoms with Crippen molar-refractivity contribution in [3.05, 3.63) is 72.7 Å². The standard InChI is InChI=1S/C21H20BrN3O4S/c1-28-15-9-11-7-8-23-18(14(11)10-16(15)29-2)17-19(26)24-21(30)25(20(17)27)13-5-3-12(22)4-6-13/h3-6,9-10,18,23,27H,7-8H2,1-2H3,(H,24,26,30)/t18-/m0/s1. The van der Waals surface area contributed by atoms with E-state index in [-0.39, 0.29) is 16.2 Å². The number of hydrogen-bond donors (Lipinski definition) is 3. The molecule has 2 aromatic carbocycles. The minimum atomic E-state index is -0.533. The van der Waals surface area contributed by atoms with Crippen LogP contribution >= 0.6 is 28.1 Å². The molecular weight excluding hydrogens is 470 g/mol. The molecule has 0 amide bonds. The highest BCUT2D eigenvalue weighted by atomic mass is 79.9. The van der Waals surface area contributed by atoms with Gasteiger partial charge in [0.2, 0.25) is 5.88 Å². The molecule has 1 aliphatic rings. The summed E-state index contributed by atoms with van der Waals surface area (Å²) in [7, 11) is 3.15. The molecule has 9 heteroatoms. The Morgan fingerprint density at radius 2 is 1.83 bits per heavy atom. The largest absolute Gasteiger partial charge is 0.494 e. The number of aromatic amines is 1. The molecule has 0 saturated heterocycles. The molecule has 0 aliphatic carbocycles. The van der Waals surface area contributed by atoms with E-state index >= 15 is 0 Å². The molecule has 0 bridgehead atoms. The van der Waals surface area contributed by atoms with Gasteiger partial charge >= 0.3 is 0 Å². The maximum absolute atomic E-state index is 12.9. The van der Waals surface area contributed by atoms with Crippen molar-refractivity contribution in [1.82, 2.24) is 14.9 Å². The second-order valence-corrected chi connectivity index (χ2v) is 8.15. The van der Waals surface area contributed by atoms with Crippen molar-refractivity contribution in [2.24, 2.45) is 0 Å². The number of fused-ring (bicyclic) bond motifs is 1. The Balaban J connectivity index is 1.93. The summed E-state index contributed by atoms with van der Waals surface area (Å²) in [6.45, 7) is 0.639. The summed E-state index contributed by atoms with van der Waals surface area (Å²) in [6, 6.07) is 10.5. The molecule has 156 valence electrons. The van der Waals surface area contributed by atoms with Gasteiger partial charge in [0.1, 0.15) is 0 Å². The van der Waals surface area contributed by atoms with Crippen molar-refractivity contribution in [3.63, 3.8) is 0 Å². The number of nitrogens with zero attached hydrogens (tertiary/aromatic N) is 1. The summed E-state index contributed by atoms with van der Waals surface area (Å²) in [5.41, 5.74) is 2.26. The Morgan fingerprint density at radius 1 is 1.17 bits per heavy atom. The van der Waals surface area contributed by atoms with Gasteiger partial charge in [-0.1, -0.05) is 15.9 Å². The monoisotopic (exact) mass is 489 g/mol. The second kappa shape index (κ2) is 8.25. The van der Waals surface area contributed by atoms with E-state index in [4.69, 9.17) is 21.7 Å². The summed E-state index contributed by atoms with van der Waals surface area (Å²) in [5.74, 6) is 0.980. The number of halogens is 1. The van der Waals surface area contributed by atoms with Crippen molar-refractivity contribution < 1.29 is 14.6 Å². The molecular formula is C21H20BrN3O4S. The fourth-order valence-corrected chi connectivity index (χ4v) is 4.32. The number of benzene rings is 2. The first-order valence-corrected chi connectivity index (χ1v) is 10.5. The van der Waals surface area contributed by atoms with Crippen LogP contribution in [0, 0.1) is 4.77 Å². The maximum Gasteiger partial charge on any atom is 0.260 e. The van der Waals surface area contributed by atoms with Crippen molar-refractivity contribution in [1.29, 1.82) is 0 Å². The van der Waals surface area contributed by atoms with Gasteiger partial charge in [-0.2, -0.15) is 0 Å². The number of H-pyrrole nitrogens is 1. The molecule has 1 aliphatic heterocycles. The van der Waals surface area contributed by atoms with E-state index in [9.17, 15) is 9.90 Å². The number of aromatic nitrogens is 2. The average molecular weight is 490 g/mol. The lowest BCUT2D eigenvalue weighted by Crippen LogP contribution is -2.35. The number of rotatable bonds is 4. The third-order valence-corrected chi connectivity index (χ3v) is 6.01. The summed E-state index contributed by atoms with van der Waals surface area (Å²) in [6.07, 6.45) is 0.761. The number of methoxy groups -OCH3 is 2. The quantitative estimate of drug-likeness (QED) is 0.485. The lowest BCUT2D eigenvalue weighted by atomic mass is 9.90. The van der Waals surface area contributed by atoms with Crippen LogP contribution in [0.15, 0.2) is 45.7 Å². The fraction of sp³-hybridized carbons (Fsp3) is 0.238. The SMILES string of the molecule is COc1cc2c(cc1OC)[C@@H](c1c(O)n(-c3ccc(Br)cc3)c(=S)[nH]c1=O)NCC2. The highest BCUT2D eigenvalue weighted by Gasteiger charge is 2.29. The summed E-state index contributed by atoms with van der Waals surface area (Å²) < 4.78 is 13.3. The Hall–Kier alpha value is -2.62. The first kappa shape index (κ1) is 20.6. The van der Waals surface area contributed by atoms with Gasteiger partial charge < -0.3 is 19.9 Å². The van der Waals surface area contributed by atoms with Crippen LogP contribution in [0.4, 0.5) is 0 Å². The number of nitrogens with one attached hydrogen (secondary N) is 2. The first-order valence-electron chi connectivity index (χ1n) is 9.27. The Bertz CT molecular complexity index is 1220. The molecule has 1 atom stereocenters. The number of hydrogen-bond acceptors (Lipinski definition) is 6. The highest BCUT2D eigenvalue weighted by Crippen LogP contribution is 2.38. The van der Waals surface area contributed by atoms with Crippen LogP contribution < -0.4 is 20.3 Å². The Labute approximate surface area is 186 Å². The molecule has 7 nitrogen and oxygen atoms in total. The predicted molar refractivity (Wildman–Crippen MR) is 120 cm³/mol. The van der Waals surface area contributed by atoms with Gasteiger partial charge in [0.15, 0.2) is 16.3 Å². The van der Waals surface area contributed by atoms with Crippen LogP contribution in [0.3, 0.4) is 0 Å². The van der Waals surface area contributed by atoms with Crippen molar-refractivity contribution in [3.8, 4) is 23.1 Å². The number of aromatic hydroxyl groups is 1. The van der Waals surface area contributed by atoms with E-state index in [0.717, 1.165) is 22.0 Å². The van der Waals surface area contributed by atoms with Crippen molar-refractivity contribution >= 4 is 28.1 Å². The minimum absolute atomic E-state index is 0.118. The first-order chi connectivity index (χ1) is 14.4. The Kier molecular flexibility index (Phi) is 5.68. The zero-order chi connectivity index (χ0) is 21.4. The lowest BCUT2D eigenvalue weighted by Gasteiger charge is -2.29. The van der Waals surface area contributed by atoms with E-state index in [1.165, 1.54) is 4.57 Å². The maximum atomic E-state index is 12.9. The fourth-order valence-electron chi connectivity index (χ4n) is 3.77. The van der Waals surface area contributed by atoms with Crippen LogP contribution in [-0.2, 0) is 6.42 Å². The van der Waals surface area contributed by atoms with Crippen LogP contribution in [0.2, 0.25) is 0 Å². The van der Waals surface area contributed by atoms with Crippen molar-refractivity contribution in [2.45, 2.75) is 12.5 Å². The summed E-state index contributed by atoms with van der Waals surface area (Å²) in [5, 5.41) is 14.5. The second-order valence-electron chi connectivity index (χ2n) is 6.85. The molecule has 2 heterocycles. The summed E-state index contributed by atoms with van der Waals surface area (Å²) in [4.78, 5) is 15.6. The van der Waals surface area contributed by atoms with Crippen molar-refractivity contribution in [2.75, 3.05) is 20.8 Å². The predicted octanol–water partition coefficient (Wildman–Crippen LogP) is 3.62. The lowest BCUT2D eigenvalue weighted by molar-refractivity contribution is 0.352. The van der Waals surface area contributed by atoms with E-state index in [0.29, 0.717) is 23.7 Å². The topological polar surface area (TPSA) is 88.5 Å². The van der Waals surface area contributed by atoms with Gasteiger partial charge in [-0.3, -0.25) is 14.3 Å². The van der Waals surface area contributed by atoms with E-state index in [1.54, 1.807) is 26.4 Å². The third-order valence-electron chi connectivity index (χ3n) is 5.19. The van der Waals surface area contributed by atoms with Gasteiger partial charge in [-0.05, 0) is 66.2 Å². The average Bonchev–Trinajstić information content (AvgIpc) is 2.73. The zero-order valence-electron chi connectivity index (χ0n) is 16.4. The van der Waals surface area contributed by atoms with Crippen LogP contribution in [0.25, 0.3) is 5.69 Å². The van der Waals surface area contributed by atoms with E-state index in [2.05, 4.69) is 26.2 Å². The van der Waals surface area contributed by atoms with Gasteiger partial charge in [0, 0.05) is 11.0 Å². The normalized spacial score (nSPS) is 15.5. The molecule has 0 unspecified atom stereocenters. The molecule has 0 saturated carbocycles. The van der Waals surface area contributed by atoms with Gasteiger partial charge in [0.25, 0.3) is 5.56 Å². The van der Waals surface area contributed by atoms with E-state index < -0.39 is 11.6 Å². The van der Waals surface area contributed by atoms with Gasteiger partial charge in [-0.25, -0.2) is 0 Å². The molecule has 3 N–H and O–H groups in total. The molecule has 0 spiro atoms. The summed E-state index contributed by atoms with van der Waals surface area (Å²) >= 11 is 8.73. The van der Waals surface area contributed by atoms with Gasteiger partial charge in [0.05, 0.1) is 31.5 Å². The zero-order valence-corrected chi connectivity index (χ0v) is 18.8. The molecule has 0 radical (unpaired) electrons.